The van der Waals surface area contributed by atoms with E-state index in [1.54, 1.807) is 7.11 Å². The van der Waals surface area contributed by atoms with E-state index in [1.807, 2.05) is 18.3 Å². The Kier molecular flexibility index (Phi) is 4.69. The molecule has 0 amide bonds. The molecule has 3 nitrogen and oxygen atoms in total. The molecule has 0 aliphatic heterocycles. The van der Waals surface area contributed by atoms with Gasteiger partial charge in [-0.15, -0.1) is 0 Å². The summed E-state index contributed by atoms with van der Waals surface area (Å²) >= 11 is 0. The highest BCUT2D eigenvalue weighted by atomic mass is 16.5. The lowest BCUT2D eigenvalue weighted by Crippen LogP contribution is -2.47. The monoisotopic (exact) mass is 276 g/mol. The Morgan fingerprint density at radius 3 is 2.75 bits per heavy atom. The molecule has 0 radical (unpaired) electrons. The van der Waals surface area contributed by atoms with Crippen molar-refractivity contribution < 1.29 is 4.74 Å². The van der Waals surface area contributed by atoms with Crippen LogP contribution in [0, 0.1) is 11.8 Å². The summed E-state index contributed by atoms with van der Waals surface area (Å²) in [6.07, 6.45) is 5.68. The average molecular weight is 276 g/mol. The minimum Gasteiger partial charge on any atom is -0.495 e. The van der Waals surface area contributed by atoms with Crippen LogP contribution >= 0.6 is 0 Å². The van der Waals surface area contributed by atoms with Crippen LogP contribution in [0.15, 0.2) is 18.3 Å². The number of nitrogens with one attached hydrogen (secondary N) is 1. The molecular weight excluding hydrogens is 248 g/mol. The molecule has 1 saturated carbocycles. The summed E-state index contributed by atoms with van der Waals surface area (Å²) in [6.45, 7) is 6.97. The third-order valence-corrected chi connectivity index (χ3v) is 5.01. The van der Waals surface area contributed by atoms with E-state index in [0.717, 1.165) is 17.4 Å². The molecular formula is C17H28N2O. The van der Waals surface area contributed by atoms with Gasteiger partial charge >= 0.3 is 0 Å². The van der Waals surface area contributed by atoms with E-state index in [4.69, 9.17) is 4.74 Å². The number of ether oxygens (including phenoxy) is 1. The van der Waals surface area contributed by atoms with Gasteiger partial charge < -0.3 is 10.1 Å². The smallest absolute Gasteiger partial charge is 0.140 e. The van der Waals surface area contributed by atoms with Crippen LogP contribution in [0.2, 0.25) is 0 Å². The first kappa shape index (κ1) is 15.3. The maximum Gasteiger partial charge on any atom is 0.140 e. The maximum absolute atomic E-state index is 5.53. The summed E-state index contributed by atoms with van der Waals surface area (Å²) in [5, 5.41) is 3.53. The van der Waals surface area contributed by atoms with E-state index in [1.165, 1.54) is 19.3 Å². The fourth-order valence-electron chi connectivity index (χ4n) is 3.78. The van der Waals surface area contributed by atoms with E-state index in [2.05, 4.69) is 38.1 Å². The van der Waals surface area contributed by atoms with Crippen molar-refractivity contribution >= 4 is 0 Å². The van der Waals surface area contributed by atoms with Crippen LogP contribution in [-0.4, -0.2) is 25.2 Å². The lowest BCUT2D eigenvalue weighted by molar-refractivity contribution is 0.146. The Bertz CT molecular complexity index is 444. The van der Waals surface area contributed by atoms with Gasteiger partial charge in [-0.1, -0.05) is 27.2 Å². The second-order valence-corrected chi connectivity index (χ2v) is 6.70. The molecule has 1 aromatic rings. The van der Waals surface area contributed by atoms with Crippen LogP contribution in [0.25, 0.3) is 0 Å². The summed E-state index contributed by atoms with van der Waals surface area (Å²) in [4.78, 5) is 4.63. The molecule has 3 heteroatoms. The summed E-state index contributed by atoms with van der Waals surface area (Å²) in [5.74, 6) is 2.31. The average Bonchev–Trinajstić information content (AvgIpc) is 2.46. The Hall–Kier alpha value is -1.09. The summed E-state index contributed by atoms with van der Waals surface area (Å²) in [5.41, 5.74) is 1.10. The molecule has 1 N–H and O–H groups in total. The molecule has 0 bridgehead atoms. The highest BCUT2D eigenvalue weighted by Crippen LogP contribution is 2.44. The van der Waals surface area contributed by atoms with Crippen LogP contribution in [0.3, 0.4) is 0 Å². The molecule has 1 aromatic heterocycles. The lowest BCUT2D eigenvalue weighted by Gasteiger charge is -2.44. The normalized spacial score (nSPS) is 27.4. The van der Waals surface area contributed by atoms with Gasteiger partial charge in [0.25, 0.3) is 0 Å². The number of aromatic nitrogens is 1. The molecule has 1 aliphatic rings. The van der Waals surface area contributed by atoms with Crippen molar-refractivity contribution in [1.29, 1.82) is 0 Å². The zero-order chi connectivity index (χ0) is 14.8. The quantitative estimate of drug-likeness (QED) is 0.915. The van der Waals surface area contributed by atoms with Crippen LogP contribution < -0.4 is 10.1 Å². The van der Waals surface area contributed by atoms with Crippen molar-refractivity contribution in [3.63, 3.8) is 0 Å². The third-order valence-electron chi connectivity index (χ3n) is 5.01. The zero-order valence-corrected chi connectivity index (χ0v) is 13.4. The number of nitrogens with zero attached hydrogens (tertiary/aromatic N) is 1. The van der Waals surface area contributed by atoms with Crippen molar-refractivity contribution in [3.05, 3.63) is 24.0 Å². The van der Waals surface area contributed by atoms with Crippen molar-refractivity contribution in [1.82, 2.24) is 10.3 Å². The fourth-order valence-corrected chi connectivity index (χ4v) is 3.78. The predicted molar refractivity (Wildman–Crippen MR) is 83.2 cm³/mol. The van der Waals surface area contributed by atoms with Gasteiger partial charge in [-0.2, -0.15) is 0 Å². The minimum absolute atomic E-state index is 0.0143. The number of hydrogen-bond donors (Lipinski definition) is 1. The van der Waals surface area contributed by atoms with Gasteiger partial charge in [0.15, 0.2) is 0 Å². The Morgan fingerprint density at radius 2 is 2.10 bits per heavy atom. The Balaban J connectivity index is 2.33. The molecule has 3 atom stereocenters. The van der Waals surface area contributed by atoms with Gasteiger partial charge in [0.05, 0.1) is 12.8 Å². The first-order valence-electron chi connectivity index (χ1n) is 7.67. The number of pyridine rings is 1. The molecule has 0 saturated heterocycles. The first-order valence-corrected chi connectivity index (χ1v) is 7.67. The van der Waals surface area contributed by atoms with Gasteiger partial charge in [0.1, 0.15) is 5.75 Å². The second kappa shape index (κ2) is 6.13. The summed E-state index contributed by atoms with van der Waals surface area (Å²) in [6, 6.07) is 4.52. The molecule has 0 aromatic carbocycles. The first-order chi connectivity index (χ1) is 9.50. The number of hydrogen-bond acceptors (Lipinski definition) is 3. The molecule has 1 fully saturated rings. The summed E-state index contributed by atoms with van der Waals surface area (Å²) in [7, 11) is 3.82. The fraction of sp³-hybridized carbons (Fsp3) is 0.706. The topological polar surface area (TPSA) is 34.2 Å². The molecule has 2 rings (SSSR count). The van der Waals surface area contributed by atoms with E-state index < -0.39 is 0 Å². The van der Waals surface area contributed by atoms with Crippen molar-refractivity contribution in [3.8, 4) is 5.75 Å². The van der Waals surface area contributed by atoms with Crippen molar-refractivity contribution in [2.45, 2.75) is 51.5 Å². The van der Waals surface area contributed by atoms with Crippen LogP contribution in [0.4, 0.5) is 0 Å². The van der Waals surface area contributed by atoms with Gasteiger partial charge in [-0.25, -0.2) is 0 Å². The summed E-state index contributed by atoms with van der Waals surface area (Å²) < 4.78 is 5.53. The molecule has 20 heavy (non-hydrogen) atoms. The van der Waals surface area contributed by atoms with Crippen LogP contribution in [-0.2, 0) is 5.41 Å². The molecule has 3 unspecified atom stereocenters. The Morgan fingerprint density at radius 1 is 1.35 bits per heavy atom. The maximum atomic E-state index is 5.53. The van der Waals surface area contributed by atoms with Gasteiger partial charge in [-0.3, -0.25) is 4.98 Å². The van der Waals surface area contributed by atoms with Crippen LogP contribution in [0.1, 0.15) is 45.7 Å². The molecule has 1 heterocycles. The van der Waals surface area contributed by atoms with E-state index >= 15 is 0 Å². The van der Waals surface area contributed by atoms with Crippen LogP contribution in [0.5, 0.6) is 5.75 Å². The van der Waals surface area contributed by atoms with Crippen molar-refractivity contribution in [2.24, 2.45) is 11.8 Å². The largest absolute Gasteiger partial charge is 0.495 e. The van der Waals surface area contributed by atoms with Gasteiger partial charge in [0.2, 0.25) is 0 Å². The number of rotatable bonds is 4. The van der Waals surface area contributed by atoms with E-state index in [9.17, 15) is 0 Å². The molecule has 112 valence electrons. The molecule has 0 spiro atoms. The third kappa shape index (κ3) is 2.83. The Labute approximate surface area is 123 Å². The lowest BCUT2D eigenvalue weighted by atomic mass is 9.64. The van der Waals surface area contributed by atoms with Gasteiger partial charge in [0, 0.05) is 17.7 Å². The second-order valence-electron chi connectivity index (χ2n) is 6.70. The highest BCUT2D eigenvalue weighted by Gasteiger charge is 2.41. The SMILES string of the molecule is CNC1CC(C)CCC1C(C)(C)c1ncccc1OC. The minimum atomic E-state index is 0.0143. The van der Waals surface area contributed by atoms with Crippen molar-refractivity contribution in [2.75, 3.05) is 14.2 Å². The predicted octanol–water partition coefficient (Wildman–Crippen LogP) is 3.39. The highest BCUT2D eigenvalue weighted by molar-refractivity contribution is 5.33. The van der Waals surface area contributed by atoms with Gasteiger partial charge in [-0.05, 0) is 43.9 Å². The number of methoxy groups -OCH3 is 1. The standard InChI is InChI=1S/C17H28N2O/c1-12-8-9-13(14(11-12)18-4)17(2,3)16-15(20-5)7-6-10-19-16/h6-7,10,12-14,18H,8-9,11H2,1-5H3. The van der Waals surface area contributed by atoms with E-state index in [-0.39, 0.29) is 5.41 Å². The molecule has 1 aliphatic carbocycles. The van der Waals surface area contributed by atoms with E-state index in [0.29, 0.717) is 12.0 Å². The zero-order valence-electron chi connectivity index (χ0n) is 13.4.